The van der Waals surface area contributed by atoms with Gasteiger partial charge in [-0.3, -0.25) is 14.6 Å². The number of hydrogen-bond donors (Lipinski definition) is 1. The zero-order chi connectivity index (χ0) is 18.4. The third-order valence-electron chi connectivity index (χ3n) is 6.01. The third kappa shape index (κ3) is 5.05. The smallest absolute Gasteiger partial charge is 0.225 e. The molecule has 0 atom stereocenters. The van der Waals surface area contributed by atoms with E-state index in [9.17, 15) is 9.59 Å². The lowest BCUT2D eigenvalue weighted by Gasteiger charge is -2.30. The lowest BCUT2D eigenvalue weighted by molar-refractivity contribution is -0.137. The molecule has 2 fully saturated rings. The van der Waals surface area contributed by atoms with Crippen molar-refractivity contribution < 1.29 is 9.59 Å². The van der Waals surface area contributed by atoms with Crippen molar-refractivity contribution in [2.24, 2.45) is 11.8 Å². The van der Waals surface area contributed by atoms with Crippen LogP contribution in [0.25, 0.3) is 0 Å². The molecule has 2 amide bonds. The summed E-state index contributed by atoms with van der Waals surface area (Å²) in [5.41, 5.74) is 1.20. The van der Waals surface area contributed by atoms with E-state index >= 15 is 0 Å². The summed E-state index contributed by atoms with van der Waals surface area (Å²) in [5, 5.41) is 3.21. The largest absolute Gasteiger partial charge is 0.353 e. The Bertz CT molecular complexity index is 591. The molecule has 1 aromatic rings. The standard InChI is InChI=1S/C21H31N3O2/c1-24(15-12-16-10-13-22-14-11-16)21(26)18-8-6-17(7-9-18)20(25)23-19-4-2-3-5-19/h10-11,13-14,17-19H,2-9,12,15H2,1H3,(H,23,25). The van der Waals surface area contributed by atoms with Gasteiger partial charge in [0.05, 0.1) is 0 Å². The predicted molar refractivity (Wildman–Crippen MR) is 101 cm³/mol. The molecule has 2 saturated carbocycles. The normalized spacial score (nSPS) is 23.6. The van der Waals surface area contributed by atoms with Gasteiger partial charge in [0, 0.05) is 43.9 Å². The summed E-state index contributed by atoms with van der Waals surface area (Å²) < 4.78 is 0. The van der Waals surface area contributed by atoms with E-state index in [-0.39, 0.29) is 23.7 Å². The van der Waals surface area contributed by atoms with Gasteiger partial charge in [0.1, 0.15) is 0 Å². The Morgan fingerprint density at radius 2 is 1.65 bits per heavy atom. The number of hydrogen-bond acceptors (Lipinski definition) is 3. The fourth-order valence-electron chi connectivity index (χ4n) is 4.26. The average molecular weight is 357 g/mol. The van der Waals surface area contributed by atoms with Crippen molar-refractivity contribution in [2.45, 2.75) is 63.8 Å². The number of amides is 2. The molecule has 142 valence electrons. The molecule has 5 nitrogen and oxygen atoms in total. The fraction of sp³-hybridized carbons (Fsp3) is 0.667. The van der Waals surface area contributed by atoms with Gasteiger partial charge in [0.25, 0.3) is 0 Å². The monoisotopic (exact) mass is 357 g/mol. The van der Waals surface area contributed by atoms with Crippen LogP contribution in [0.3, 0.4) is 0 Å². The number of carbonyl (C=O) groups is 2. The Hall–Kier alpha value is -1.91. The summed E-state index contributed by atoms with van der Waals surface area (Å²) in [5.74, 6) is 0.622. The molecule has 3 rings (SSSR count). The van der Waals surface area contributed by atoms with Gasteiger partial charge in [-0.2, -0.15) is 0 Å². The Labute approximate surface area is 156 Å². The van der Waals surface area contributed by atoms with E-state index in [1.54, 1.807) is 12.4 Å². The first-order valence-corrected chi connectivity index (χ1v) is 10.1. The molecule has 0 radical (unpaired) electrons. The van der Waals surface area contributed by atoms with Crippen molar-refractivity contribution in [3.8, 4) is 0 Å². The summed E-state index contributed by atoms with van der Waals surface area (Å²) in [6, 6.07) is 4.38. The summed E-state index contributed by atoms with van der Waals surface area (Å²) in [6.07, 6.45) is 12.5. The molecule has 0 saturated heterocycles. The lowest BCUT2D eigenvalue weighted by Crippen LogP contribution is -2.41. The number of pyridine rings is 1. The van der Waals surface area contributed by atoms with Gasteiger partial charge >= 0.3 is 0 Å². The van der Waals surface area contributed by atoms with Gasteiger partial charge in [-0.25, -0.2) is 0 Å². The van der Waals surface area contributed by atoms with E-state index in [4.69, 9.17) is 0 Å². The predicted octanol–water partition coefficient (Wildman–Crippen LogP) is 2.95. The van der Waals surface area contributed by atoms with Crippen molar-refractivity contribution in [3.05, 3.63) is 30.1 Å². The van der Waals surface area contributed by atoms with Crippen molar-refractivity contribution in [3.63, 3.8) is 0 Å². The topological polar surface area (TPSA) is 62.3 Å². The summed E-state index contributed by atoms with van der Waals surface area (Å²) in [4.78, 5) is 31.0. The minimum absolute atomic E-state index is 0.0768. The molecule has 1 aromatic heterocycles. The molecule has 0 aliphatic heterocycles. The van der Waals surface area contributed by atoms with Crippen molar-refractivity contribution in [1.29, 1.82) is 0 Å². The fourth-order valence-corrected chi connectivity index (χ4v) is 4.26. The summed E-state index contributed by atoms with van der Waals surface area (Å²) >= 11 is 0. The van der Waals surface area contributed by atoms with Gasteiger partial charge in [-0.05, 0) is 62.6 Å². The quantitative estimate of drug-likeness (QED) is 0.851. The molecule has 5 heteroatoms. The third-order valence-corrected chi connectivity index (χ3v) is 6.01. The van der Waals surface area contributed by atoms with Crippen LogP contribution >= 0.6 is 0 Å². The van der Waals surface area contributed by atoms with Crippen LogP contribution in [-0.4, -0.2) is 41.3 Å². The van der Waals surface area contributed by atoms with Crippen LogP contribution in [-0.2, 0) is 16.0 Å². The van der Waals surface area contributed by atoms with E-state index in [1.165, 1.54) is 18.4 Å². The molecule has 2 aliphatic carbocycles. The minimum atomic E-state index is 0.0768. The molecule has 0 aromatic carbocycles. The maximum Gasteiger partial charge on any atom is 0.225 e. The molecule has 0 bridgehead atoms. The van der Waals surface area contributed by atoms with E-state index in [0.717, 1.165) is 51.5 Å². The molecule has 26 heavy (non-hydrogen) atoms. The second kappa shape index (κ2) is 9.15. The molecule has 1 N–H and O–H groups in total. The van der Waals surface area contributed by atoms with Gasteiger partial charge in [-0.1, -0.05) is 12.8 Å². The number of nitrogens with zero attached hydrogens (tertiary/aromatic N) is 2. The maximum absolute atomic E-state index is 12.7. The SMILES string of the molecule is CN(CCc1ccncc1)C(=O)C1CCC(C(=O)NC2CCCC2)CC1. The van der Waals surface area contributed by atoms with Gasteiger partial charge < -0.3 is 10.2 Å². The van der Waals surface area contributed by atoms with Crippen molar-refractivity contribution in [1.82, 2.24) is 15.2 Å². The molecule has 0 unspecified atom stereocenters. The highest BCUT2D eigenvalue weighted by Crippen LogP contribution is 2.30. The number of aromatic nitrogens is 1. The van der Waals surface area contributed by atoms with Crippen LogP contribution < -0.4 is 5.32 Å². The first kappa shape index (κ1) is 18.9. The molecule has 2 aliphatic rings. The van der Waals surface area contributed by atoms with E-state index in [1.807, 2.05) is 24.1 Å². The van der Waals surface area contributed by atoms with Crippen LogP contribution in [0.15, 0.2) is 24.5 Å². The summed E-state index contributed by atoms with van der Waals surface area (Å²) in [7, 11) is 1.89. The number of carbonyl (C=O) groups excluding carboxylic acids is 2. The summed E-state index contributed by atoms with van der Waals surface area (Å²) in [6.45, 7) is 0.727. The molecule has 1 heterocycles. The van der Waals surface area contributed by atoms with E-state index in [0.29, 0.717) is 6.04 Å². The van der Waals surface area contributed by atoms with Crippen LogP contribution in [0.2, 0.25) is 0 Å². The highest BCUT2D eigenvalue weighted by Gasteiger charge is 2.32. The van der Waals surface area contributed by atoms with Crippen molar-refractivity contribution >= 4 is 11.8 Å². The highest BCUT2D eigenvalue weighted by molar-refractivity contribution is 5.81. The first-order chi connectivity index (χ1) is 12.6. The number of likely N-dealkylation sites (N-methyl/N-ethyl adjacent to an activating group) is 1. The van der Waals surface area contributed by atoms with Crippen molar-refractivity contribution in [2.75, 3.05) is 13.6 Å². The Morgan fingerprint density at radius 1 is 1.04 bits per heavy atom. The average Bonchev–Trinajstić information content (AvgIpc) is 3.19. The number of nitrogens with one attached hydrogen (secondary N) is 1. The molecular weight excluding hydrogens is 326 g/mol. The first-order valence-electron chi connectivity index (χ1n) is 10.1. The lowest BCUT2D eigenvalue weighted by atomic mass is 9.80. The van der Waals surface area contributed by atoms with Crippen LogP contribution in [0.5, 0.6) is 0 Å². The second-order valence-electron chi connectivity index (χ2n) is 7.90. The minimum Gasteiger partial charge on any atom is -0.353 e. The van der Waals surface area contributed by atoms with Crippen LogP contribution in [0.4, 0.5) is 0 Å². The van der Waals surface area contributed by atoms with Gasteiger partial charge in [0.15, 0.2) is 0 Å². The molecule has 0 spiro atoms. The zero-order valence-electron chi connectivity index (χ0n) is 15.8. The molecular formula is C21H31N3O2. The van der Waals surface area contributed by atoms with Gasteiger partial charge in [0.2, 0.25) is 11.8 Å². The van der Waals surface area contributed by atoms with E-state index in [2.05, 4.69) is 10.3 Å². The second-order valence-corrected chi connectivity index (χ2v) is 7.90. The Balaban J connectivity index is 1.40. The zero-order valence-corrected chi connectivity index (χ0v) is 15.8. The maximum atomic E-state index is 12.7. The van der Waals surface area contributed by atoms with E-state index < -0.39 is 0 Å². The van der Waals surface area contributed by atoms with Crippen LogP contribution in [0, 0.1) is 11.8 Å². The Kier molecular flexibility index (Phi) is 6.64. The Morgan fingerprint density at radius 3 is 2.31 bits per heavy atom. The highest BCUT2D eigenvalue weighted by atomic mass is 16.2. The van der Waals surface area contributed by atoms with Gasteiger partial charge in [-0.15, -0.1) is 0 Å². The number of rotatable bonds is 6. The van der Waals surface area contributed by atoms with Crippen LogP contribution in [0.1, 0.15) is 56.9 Å².